The van der Waals surface area contributed by atoms with E-state index in [-0.39, 0.29) is 5.82 Å². The molecule has 0 aromatic heterocycles. The molecule has 0 atom stereocenters. The van der Waals surface area contributed by atoms with E-state index >= 15 is 0 Å². The number of hydrogen-bond acceptors (Lipinski definition) is 1. The van der Waals surface area contributed by atoms with E-state index in [2.05, 4.69) is 27.7 Å². The summed E-state index contributed by atoms with van der Waals surface area (Å²) < 4.78 is 12.8. The molecule has 0 bridgehead atoms. The van der Waals surface area contributed by atoms with Gasteiger partial charge in [0.15, 0.2) is 8.32 Å². The van der Waals surface area contributed by atoms with E-state index in [9.17, 15) is 9.19 Å². The highest BCUT2D eigenvalue weighted by Crippen LogP contribution is 2.34. The minimum absolute atomic E-state index is 0.186. The number of aryl methyl sites for hydroxylation is 1. The summed E-state index contributed by atoms with van der Waals surface area (Å²) >= 11 is 0. The fourth-order valence-corrected chi connectivity index (χ4v) is 5.70. The second-order valence-corrected chi connectivity index (χ2v) is 10.6. The van der Waals surface area contributed by atoms with E-state index in [1.807, 2.05) is 12.1 Å². The average molecular weight is 268 g/mol. The molecule has 0 heterocycles. The van der Waals surface area contributed by atoms with Gasteiger partial charge in [0.2, 0.25) is 0 Å². The van der Waals surface area contributed by atoms with Crippen LogP contribution >= 0.6 is 0 Å². The molecule has 0 saturated heterocycles. The van der Waals surface area contributed by atoms with Crippen LogP contribution in [0.5, 0.6) is 0 Å². The van der Waals surface area contributed by atoms with Gasteiger partial charge in [0.05, 0.1) is 0 Å². The Labute approximate surface area is 111 Å². The molecule has 0 fully saturated rings. The van der Waals surface area contributed by atoms with E-state index in [4.69, 9.17) is 0 Å². The summed E-state index contributed by atoms with van der Waals surface area (Å²) in [6, 6.07) is 7.61. The van der Waals surface area contributed by atoms with Crippen LogP contribution in [0.15, 0.2) is 24.3 Å². The Morgan fingerprint density at radius 3 is 2.00 bits per heavy atom. The van der Waals surface area contributed by atoms with Crippen molar-refractivity contribution in [2.24, 2.45) is 0 Å². The van der Waals surface area contributed by atoms with Crippen LogP contribution in [0.1, 0.15) is 39.7 Å². The van der Waals surface area contributed by atoms with Crippen molar-refractivity contribution in [3.05, 3.63) is 35.6 Å². The van der Waals surface area contributed by atoms with E-state index < -0.39 is 8.32 Å². The number of rotatable bonds is 6. The lowest BCUT2D eigenvalue weighted by Crippen LogP contribution is -2.41. The fraction of sp³-hybridized carbons (Fsp3) is 0.600. The Bertz CT molecular complexity index is 351. The molecule has 0 spiro atoms. The highest BCUT2D eigenvalue weighted by atomic mass is 28.4. The molecule has 0 aliphatic heterocycles. The quantitative estimate of drug-likeness (QED) is 0.752. The maximum absolute atomic E-state index is 12.8. The summed E-state index contributed by atoms with van der Waals surface area (Å²) in [6.07, 6.45) is 1.92. The summed E-state index contributed by atoms with van der Waals surface area (Å²) in [4.78, 5) is 10.8. The van der Waals surface area contributed by atoms with Crippen molar-refractivity contribution in [1.29, 1.82) is 0 Å². The Balaban J connectivity index is 2.52. The number of halogens is 1. The van der Waals surface area contributed by atoms with Crippen LogP contribution in [0.4, 0.5) is 4.39 Å². The van der Waals surface area contributed by atoms with E-state index in [0.717, 1.165) is 24.4 Å². The molecule has 102 valence electrons. The first-order valence-corrected chi connectivity index (χ1v) is 9.14. The van der Waals surface area contributed by atoms with Crippen LogP contribution in [-0.2, 0) is 6.42 Å². The van der Waals surface area contributed by atoms with Gasteiger partial charge in [0.25, 0.3) is 0 Å². The molecule has 0 radical (unpaired) electrons. The minimum atomic E-state index is -2.14. The predicted molar refractivity (Wildman–Crippen MR) is 77.7 cm³/mol. The normalized spacial score (nSPS) is 12.4. The third-order valence-corrected chi connectivity index (χ3v) is 9.11. The average Bonchev–Trinajstić information content (AvgIpc) is 2.31. The standard InChI is InChI=1S/C15H25FOSi/c1-12(2)18(17,13(3)4)11-5-6-14-7-9-15(16)10-8-14/h7-10,12-13,17H,5-6,11H2,1-4H3. The first-order chi connectivity index (χ1) is 8.36. The van der Waals surface area contributed by atoms with Gasteiger partial charge in [-0.3, -0.25) is 0 Å². The summed E-state index contributed by atoms with van der Waals surface area (Å²) in [5.41, 5.74) is 1.94. The molecule has 1 nitrogen and oxygen atoms in total. The predicted octanol–water partition coefficient (Wildman–Crippen LogP) is 4.52. The lowest BCUT2D eigenvalue weighted by atomic mass is 10.1. The van der Waals surface area contributed by atoms with E-state index in [0.29, 0.717) is 11.1 Å². The van der Waals surface area contributed by atoms with Crippen LogP contribution in [0.25, 0.3) is 0 Å². The lowest BCUT2D eigenvalue weighted by molar-refractivity contribution is 0.486. The number of benzene rings is 1. The maximum atomic E-state index is 12.8. The zero-order chi connectivity index (χ0) is 13.8. The van der Waals surface area contributed by atoms with Crippen molar-refractivity contribution in [3.8, 4) is 0 Å². The number of hydrogen-bond donors (Lipinski definition) is 1. The van der Waals surface area contributed by atoms with Crippen LogP contribution in [-0.4, -0.2) is 13.1 Å². The van der Waals surface area contributed by atoms with Gasteiger partial charge in [-0.15, -0.1) is 0 Å². The first-order valence-electron chi connectivity index (χ1n) is 6.83. The summed E-state index contributed by atoms with van der Waals surface area (Å²) in [7, 11) is -2.14. The van der Waals surface area contributed by atoms with Gasteiger partial charge in [-0.2, -0.15) is 0 Å². The van der Waals surface area contributed by atoms with Crippen LogP contribution in [0.2, 0.25) is 17.1 Å². The van der Waals surface area contributed by atoms with Crippen LogP contribution in [0, 0.1) is 5.82 Å². The van der Waals surface area contributed by atoms with Crippen molar-refractivity contribution < 1.29 is 9.19 Å². The maximum Gasteiger partial charge on any atom is 0.193 e. The molecule has 0 amide bonds. The van der Waals surface area contributed by atoms with Gasteiger partial charge in [0.1, 0.15) is 5.82 Å². The van der Waals surface area contributed by atoms with Crippen LogP contribution < -0.4 is 0 Å². The molecule has 1 rings (SSSR count). The van der Waals surface area contributed by atoms with Gasteiger partial charge >= 0.3 is 0 Å². The van der Waals surface area contributed by atoms with Crippen molar-refractivity contribution in [3.63, 3.8) is 0 Å². The SMILES string of the molecule is CC(C)[Si](O)(CCCc1ccc(F)cc1)C(C)C. The molecule has 18 heavy (non-hydrogen) atoms. The zero-order valence-electron chi connectivity index (χ0n) is 11.9. The fourth-order valence-electron chi connectivity index (χ4n) is 2.47. The highest BCUT2D eigenvalue weighted by Gasteiger charge is 2.37. The van der Waals surface area contributed by atoms with Gasteiger partial charge in [-0.1, -0.05) is 39.8 Å². The topological polar surface area (TPSA) is 20.2 Å². The van der Waals surface area contributed by atoms with Crippen LogP contribution in [0.3, 0.4) is 0 Å². The van der Waals surface area contributed by atoms with Crippen molar-refractivity contribution in [2.75, 3.05) is 0 Å². The lowest BCUT2D eigenvalue weighted by Gasteiger charge is -2.33. The second kappa shape index (κ2) is 6.48. The molecule has 1 aromatic carbocycles. The van der Waals surface area contributed by atoms with Gasteiger partial charge in [0, 0.05) is 0 Å². The molecule has 0 aliphatic carbocycles. The molecular weight excluding hydrogens is 243 g/mol. The summed E-state index contributed by atoms with van der Waals surface area (Å²) in [5.74, 6) is -0.186. The minimum Gasteiger partial charge on any atom is -0.431 e. The Morgan fingerprint density at radius 2 is 1.56 bits per heavy atom. The zero-order valence-corrected chi connectivity index (χ0v) is 12.9. The Hall–Kier alpha value is -0.673. The summed E-state index contributed by atoms with van der Waals surface area (Å²) in [6.45, 7) is 8.52. The molecule has 0 unspecified atom stereocenters. The van der Waals surface area contributed by atoms with Gasteiger partial charge < -0.3 is 4.80 Å². The second-order valence-electron chi connectivity index (χ2n) is 5.78. The van der Waals surface area contributed by atoms with E-state index in [1.54, 1.807) is 0 Å². The van der Waals surface area contributed by atoms with Crippen molar-refractivity contribution in [1.82, 2.24) is 0 Å². The summed E-state index contributed by atoms with van der Waals surface area (Å²) in [5, 5.41) is 0. The Morgan fingerprint density at radius 1 is 1.06 bits per heavy atom. The molecule has 0 saturated carbocycles. The molecule has 3 heteroatoms. The Kier molecular flexibility index (Phi) is 5.54. The largest absolute Gasteiger partial charge is 0.431 e. The van der Waals surface area contributed by atoms with Crippen molar-refractivity contribution in [2.45, 2.75) is 57.7 Å². The molecular formula is C15H25FOSi. The van der Waals surface area contributed by atoms with Gasteiger partial charge in [-0.25, -0.2) is 4.39 Å². The van der Waals surface area contributed by atoms with Gasteiger partial charge in [-0.05, 0) is 47.7 Å². The third kappa shape index (κ3) is 3.92. The van der Waals surface area contributed by atoms with Crippen molar-refractivity contribution >= 4 is 8.32 Å². The first kappa shape index (κ1) is 15.4. The molecule has 1 N–H and O–H groups in total. The highest BCUT2D eigenvalue weighted by molar-refractivity contribution is 6.75. The third-order valence-electron chi connectivity index (χ3n) is 3.96. The molecule has 1 aromatic rings. The smallest absolute Gasteiger partial charge is 0.193 e. The molecule has 0 aliphatic rings. The van der Waals surface area contributed by atoms with E-state index in [1.165, 1.54) is 12.1 Å². The monoisotopic (exact) mass is 268 g/mol.